The standard InChI is InChI=1S/C34H47NO10/c1-10-31(5)17-25(37)34(39)32(6)26(13-14-30(3,4)28(32)27(38)29(43-19(2)36)33(34,7)45-31)42-18-21-16-22(35-44-21)20-11-12-23(40-8)24(15-20)41-9/h11-12,15-16,26-29,38-39H,10,13-14,17-18H2,1-9H3/t26-,27-,28-,29-,31-,32-,33+,34-/m0/s1. The number of ketones is 1. The van der Waals surface area contributed by atoms with E-state index in [1.54, 1.807) is 53.2 Å². The Balaban J connectivity index is 1.53. The molecule has 0 unspecified atom stereocenters. The second-order valence-electron chi connectivity index (χ2n) is 14.2. The Morgan fingerprint density at radius 1 is 1.09 bits per heavy atom. The highest BCUT2D eigenvalue weighted by Crippen LogP contribution is 2.67. The summed E-state index contributed by atoms with van der Waals surface area (Å²) in [6, 6.07) is 7.19. The molecule has 5 rings (SSSR count). The van der Waals surface area contributed by atoms with E-state index in [0.717, 1.165) is 5.56 Å². The average molecular weight is 630 g/mol. The lowest BCUT2D eigenvalue weighted by molar-refractivity contribution is -0.378. The number of carbonyl (C=O) groups excluding carboxylic acids is 2. The number of rotatable bonds is 8. The first-order valence-electron chi connectivity index (χ1n) is 15.6. The number of nitrogens with zero attached hydrogens (tertiary/aromatic N) is 1. The Bertz CT molecular complexity index is 1450. The van der Waals surface area contributed by atoms with Gasteiger partial charge in [-0.15, -0.1) is 0 Å². The first-order chi connectivity index (χ1) is 21.0. The molecule has 0 amide bonds. The lowest BCUT2D eigenvalue weighted by Crippen LogP contribution is -2.87. The molecule has 248 valence electrons. The lowest BCUT2D eigenvalue weighted by Gasteiger charge is -2.71. The Labute approximate surface area is 264 Å². The van der Waals surface area contributed by atoms with Crippen LogP contribution in [-0.2, 0) is 30.4 Å². The number of aliphatic hydroxyl groups excluding tert-OH is 1. The molecule has 0 bridgehead atoms. The van der Waals surface area contributed by atoms with Crippen LogP contribution in [0.5, 0.6) is 11.5 Å². The van der Waals surface area contributed by atoms with Crippen molar-refractivity contribution in [2.24, 2.45) is 16.7 Å². The second-order valence-corrected chi connectivity index (χ2v) is 14.2. The molecule has 1 saturated heterocycles. The molecular weight excluding hydrogens is 582 g/mol. The zero-order chi connectivity index (χ0) is 33.2. The number of ether oxygens (including phenoxy) is 5. The van der Waals surface area contributed by atoms with Gasteiger partial charge in [-0.3, -0.25) is 9.59 Å². The van der Waals surface area contributed by atoms with Crippen molar-refractivity contribution in [3.8, 4) is 22.8 Å². The van der Waals surface area contributed by atoms with E-state index in [1.165, 1.54) is 6.92 Å². The van der Waals surface area contributed by atoms with Gasteiger partial charge in [0.2, 0.25) is 0 Å². The Morgan fingerprint density at radius 3 is 2.40 bits per heavy atom. The molecule has 3 aliphatic rings. The molecule has 0 radical (unpaired) electrons. The van der Waals surface area contributed by atoms with Crippen molar-refractivity contribution in [1.82, 2.24) is 5.16 Å². The maximum Gasteiger partial charge on any atom is 0.303 e. The topological polar surface area (TPSA) is 147 Å². The summed E-state index contributed by atoms with van der Waals surface area (Å²) in [4.78, 5) is 26.7. The van der Waals surface area contributed by atoms with Crippen LogP contribution in [0.25, 0.3) is 11.3 Å². The van der Waals surface area contributed by atoms with Crippen molar-refractivity contribution in [3.63, 3.8) is 0 Å². The van der Waals surface area contributed by atoms with Crippen molar-refractivity contribution < 1.29 is 48.0 Å². The summed E-state index contributed by atoms with van der Waals surface area (Å²) >= 11 is 0. The first kappa shape index (κ1) is 33.4. The summed E-state index contributed by atoms with van der Waals surface area (Å²) in [5.74, 6) is -0.160. The zero-order valence-corrected chi connectivity index (χ0v) is 27.8. The minimum Gasteiger partial charge on any atom is -0.493 e. The van der Waals surface area contributed by atoms with Crippen LogP contribution < -0.4 is 9.47 Å². The number of methoxy groups -OCH3 is 2. The normalized spacial score (nSPS) is 37.4. The first-order valence-corrected chi connectivity index (χ1v) is 15.6. The number of esters is 1. The van der Waals surface area contributed by atoms with Crippen LogP contribution in [0.2, 0.25) is 0 Å². The molecule has 45 heavy (non-hydrogen) atoms. The molecule has 0 spiro atoms. The Hall–Kier alpha value is -2.99. The lowest BCUT2D eigenvalue weighted by atomic mass is 9.39. The highest BCUT2D eigenvalue weighted by molar-refractivity contribution is 5.92. The molecule has 8 atom stereocenters. The molecule has 2 saturated carbocycles. The molecule has 2 aromatic rings. The number of aliphatic hydroxyl groups is 2. The van der Waals surface area contributed by atoms with Crippen molar-refractivity contribution in [1.29, 1.82) is 0 Å². The van der Waals surface area contributed by atoms with E-state index in [9.17, 15) is 19.8 Å². The fraction of sp³-hybridized carbons (Fsp3) is 0.676. The van der Waals surface area contributed by atoms with E-state index in [1.807, 2.05) is 26.8 Å². The fourth-order valence-electron chi connectivity index (χ4n) is 8.72. The summed E-state index contributed by atoms with van der Waals surface area (Å²) in [6.45, 7) is 12.4. The molecule has 1 aromatic carbocycles. The molecule has 11 heteroatoms. The quantitative estimate of drug-likeness (QED) is 0.394. The van der Waals surface area contributed by atoms with Gasteiger partial charge in [0.1, 0.15) is 17.9 Å². The van der Waals surface area contributed by atoms with Crippen molar-refractivity contribution in [2.45, 2.75) is 116 Å². The maximum absolute atomic E-state index is 14.4. The maximum atomic E-state index is 14.4. The smallest absolute Gasteiger partial charge is 0.303 e. The SMILES string of the molecule is CC[C@@]1(C)CC(=O)[C@]2(O)[C@@]3(C)[C@@H](OCc4cc(-c5ccc(OC)c(OC)c5)no4)CCC(C)(C)[C@@H]3[C@H](O)[C@H](OC(C)=O)[C@@]2(C)O1. The van der Waals surface area contributed by atoms with Gasteiger partial charge in [-0.2, -0.15) is 0 Å². The number of benzene rings is 1. The highest BCUT2D eigenvalue weighted by Gasteiger charge is 2.81. The van der Waals surface area contributed by atoms with Gasteiger partial charge in [0.25, 0.3) is 0 Å². The summed E-state index contributed by atoms with van der Waals surface area (Å²) in [6.07, 6.45) is -1.66. The van der Waals surface area contributed by atoms with Crippen LogP contribution in [0.4, 0.5) is 0 Å². The largest absolute Gasteiger partial charge is 0.493 e. The third-order valence-corrected chi connectivity index (χ3v) is 11.0. The van der Waals surface area contributed by atoms with Crippen LogP contribution >= 0.6 is 0 Å². The van der Waals surface area contributed by atoms with E-state index in [-0.39, 0.29) is 13.0 Å². The summed E-state index contributed by atoms with van der Waals surface area (Å²) in [5.41, 5.74) is -5.41. The number of Topliss-reactive ketones (excluding diaryl/α,β-unsaturated/α-hetero) is 1. The van der Waals surface area contributed by atoms with Gasteiger partial charge in [0.05, 0.1) is 32.0 Å². The molecule has 3 fully saturated rings. The summed E-state index contributed by atoms with van der Waals surface area (Å²) < 4.78 is 35.3. The minimum absolute atomic E-state index is 0.00564. The molecular formula is C34H47NO10. The average Bonchev–Trinajstić information content (AvgIpc) is 3.45. The molecule has 1 aliphatic heterocycles. The number of hydrogen-bond donors (Lipinski definition) is 2. The van der Waals surface area contributed by atoms with Crippen LogP contribution in [0, 0.1) is 16.7 Å². The van der Waals surface area contributed by atoms with Gasteiger partial charge in [-0.1, -0.05) is 32.9 Å². The summed E-state index contributed by atoms with van der Waals surface area (Å²) in [5, 5.41) is 29.2. The van der Waals surface area contributed by atoms with Crippen LogP contribution in [0.3, 0.4) is 0 Å². The van der Waals surface area contributed by atoms with E-state index >= 15 is 0 Å². The van der Waals surface area contributed by atoms with Crippen LogP contribution in [0.1, 0.15) is 79.9 Å². The second kappa shape index (κ2) is 11.4. The number of hydrogen-bond acceptors (Lipinski definition) is 11. The zero-order valence-electron chi connectivity index (χ0n) is 27.8. The van der Waals surface area contributed by atoms with Gasteiger partial charge >= 0.3 is 5.97 Å². The number of aromatic nitrogens is 1. The van der Waals surface area contributed by atoms with E-state index < -0.39 is 63.6 Å². The molecule has 11 nitrogen and oxygen atoms in total. The van der Waals surface area contributed by atoms with E-state index in [2.05, 4.69) is 5.16 Å². The third-order valence-electron chi connectivity index (χ3n) is 11.0. The predicted octanol–water partition coefficient (Wildman–Crippen LogP) is 4.64. The molecule has 2 N–H and O–H groups in total. The van der Waals surface area contributed by atoms with Gasteiger partial charge in [-0.05, 0) is 56.7 Å². The van der Waals surface area contributed by atoms with Crippen LogP contribution in [0.15, 0.2) is 28.8 Å². The van der Waals surface area contributed by atoms with Crippen molar-refractivity contribution in [3.05, 3.63) is 30.0 Å². The molecule has 2 heterocycles. The van der Waals surface area contributed by atoms with Gasteiger partial charge in [0, 0.05) is 36.3 Å². The summed E-state index contributed by atoms with van der Waals surface area (Å²) in [7, 11) is 3.13. The van der Waals surface area contributed by atoms with Gasteiger partial charge in [-0.25, -0.2) is 0 Å². The number of fused-ring (bicyclic) bond motifs is 3. The molecule has 1 aromatic heterocycles. The van der Waals surface area contributed by atoms with Crippen molar-refractivity contribution in [2.75, 3.05) is 14.2 Å². The minimum atomic E-state index is -2.16. The third kappa shape index (κ3) is 4.97. The fourth-order valence-corrected chi connectivity index (χ4v) is 8.72. The molecule has 2 aliphatic carbocycles. The van der Waals surface area contributed by atoms with Gasteiger partial charge in [0.15, 0.2) is 34.7 Å². The Morgan fingerprint density at radius 2 is 1.78 bits per heavy atom. The van der Waals surface area contributed by atoms with E-state index in [4.69, 9.17) is 28.2 Å². The van der Waals surface area contributed by atoms with Crippen LogP contribution in [-0.4, -0.2) is 76.5 Å². The number of carbonyl (C=O) groups is 2. The Kier molecular flexibility index (Phi) is 8.43. The van der Waals surface area contributed by atoms with E-state index in [0.29, 0.717) is 42.2 Å². The predicted molar refractivity (Wildman–Crippen MR) is 163 cm³/mol. The van der Waals surface area contributed by atoms with Gasteiger partial charge < -0.3 is 38.4 Å². The van der Waals surface area contributed by atoms with Crippen molar-refractivity contribution >= 4 is 11.8 Å². The monoisotopic (exact) mass is 629 g/mol. The highest BCUT2D eigenvalue weighted by atomic mass is 16.6.